The second-order valence-corrected chi connectivity index (χ2v) is 11.4. The normalized spacial score (nSPS) is 12.5. The molecule has 0 spiro atoms. The van der Waals surface area contributed by atoms with Gasteiger partial charge in [0.15, 0.2) is 0 Å². The molecule has 0 radical (unpaired) electrons. The molecular weight excluding hydrogens is 455 g/mol. The van der Waals surface area contributed by atoms with Crippen LogP contribution >= 0.6 is 23.2 Å². The lowest BCUT2D eigenvalue weighted by atomic mass is 10.1. The monoisotopic (exact) mass is 478 g/mol. The highest BCUT2D eigenvalue weighted by Crippen LogP contribution is 2.33. The van der Waals surface area contributed by atoms with Crippen LogP contribution in [0.25, 0.3) is 0 Å². The fraction of sp³-hybridized carbons (Fsp3) is 0.368. The van der Waals surface area contributed by atoms with Crippen LogP contribution in [-0.2, 0) is 32.3 Å². The number of sulfonamides is 2. The highest BCUT2D eigenvalue weighted by atomic mass is 35.5. The Morgan fingerprint density at radius 1 is 0.966 bits per heavy atom. The number of benzene rings is 2. The first-order valence-corrected chi connectivity index (χ1v) is 12.7. The molecule has 0 saturated heterocycles. The van der Waals surface area contributed by atoms with E-state index in [4.69, 9.17) is 23.2 Å². The molecule has 160 valence electrons. The first-order valence-electron chi connectivity index (χ1n) is 8.85. The van der Waals surface area contributed by atoms with Crippen molar-refractivity contribution in [1.29, 1.82) is 0 Å². The number of hydrogen-bond donors (Lipinski definition) is 2. The Morgan fingerprint density at radius 3 is 2.07 bits per heavy atom. The van der Waals surface area contributed by atoms with Crippen LogP contribution in [0.15, 0.2) is 35.2 Å². The lowest BCUT2D eigenvalue weighted by Gasteiger charge is -2.14. The number of hydrogen-bond acceptors (Lipinski definition) is 4. The standard InChI is InChI=1S/C19H24Cl2N2O4S2/c1-12(2)23-28(24,25)11-16-7-5-15(6-8-16)10-22-29(26,27)19-14(4)17(20)9-13(3)18(19)21/h5-9,12,22-23H,10-11H2,1-4H3. The molecule has 0 aliphatic heterocycles. The quantitative estimate of drug-likeness (QED) is 0.601. The van der Waals surface area contributed by atoms with E-state index in [0.717, 1.165) is 0 Å². The fourth-order valence-corrected chi connectivity index (χ4v) is 6.42. The van der Waals surface area contributed by atoms with Crippen LogP contribution in [0.3, 0.4) is 0 Å². The number of nitrogens with one attached hydrogen (secondary N) is 2. The number of aryl methyl sites for hydroxylation is 1. The Labute approximate surface area is 182 Å². The van der Waals surface area contributed by atoms with Gasteiger partial charge in [-0.25, -0.2) is 26.3 Å². The third-order valence-electron chi connectivity index (χ3n) is 4.12. The summed E-state index contributed by atoms with van der Waals surface area (Å²) in [6, 6.07) is 8.12. The minimum Gasteiger partial charge on any atom is -0.212 e. The first-order chi connectivity index (χ1) is 13.3. The molecule has 2 N–H and O–H groups in total. The molecule has 2 aromatic rings. The van der Waals surface area contributed by atoms with Crippen LogP contribution in [0.5, 0.6) is 0 Å². The van der Waals surface area contributed by atoms with Gasteiger partial charge < -0.3 is 0 Å². The predicted octanol–water partition coefficient (Wildman–Crippen LogP) is 3.92. The van der Waals surface area contributed by atoms with Crippen LogP contribution in [-0.4, -0.2) is 22.9 Å². The van der Waals surface area contributed by atoms with E-state index in [1.54, 1.807) is 58.0 Å². The summed E-state index contributed by atoms with van der Waals surface area (Å²) in [7, 11) is -7.31. The average molecular weight is 479 g/mol. The third-order valence-corrected chi connectivity index (χ3v) is 8.23. The van der Waals surface area contributed by atoms with Crippen LogP contribution < -0.4 is 9.44 Å². The van der Waals surface area contributed by atoms with Crippen LogP contribution in [0.4, 0.5) is 0 Å². The van der Waals surface area contributed by atoms with E-state index in [-0.39, 0.29) is 28.3 Å². The van der Waals surface area contributed by atoms with Gasteiger partial charge in [0.1, 0.15) is 4.90 Å². The lowest BCUT2D eigenvalue weighted by molar-refractivity contribution is 0.569. The summed E-state index contributed by atoms with van der Waals surface area (Å²) >= 11 is 12.3. The van der Waals surface area contributed by atoms with Crippen molar-refractivity contribution < 1.29 is 16.8 Å². The van der Waals surface area contributed by atoms with Gasteiger partial charge in [0.25, 0.3) is 0 Å². The molecule has 29 heavy (non-hydrogen) atoms. The molecule has 6 nitrogen and oxygen atoms in total. The molecule has 2 rings (SSSR count). The van der Waals surface area contributed by atoms with Crippen molar-refractivity contribution in [2.24, 2.45) is 0 Å². The second kappa shape index (κ2) is 9.32. The Hall–Kier alpha value is -1.16. The van der Waals surface area contributed by atoms with Gasteiger partial charge in [0.2, 0.25) is 20.0 Å². The van der Waals surface area contributed by atoms with Gasteiger partial charge in [0, 0.05) is 17.6 Å². The summed E-state index contributed by atoms with van der Waals surface area (Å²) in [4.78, 5) is -0.0355. The van der Waals surface area contributed by atoms with Crippen molar-refractivity contribution in [3.05, 3.63) is 62.6 Å². The molecule has 0 atom stereocenters. The summed E-state index contributed by atoms with van der Waals surface area (Å²) in [6.07, 6.45) is 0. The van der Waals surface area contributed by atoms with E-state index in [0.29, 0.717) is 27.3 Å². The summed E-state index contributed by atoms with van der Waals surface area (Å²) in [5, 5.41) is 0.463. The minimum absolute atomic E-state index is 0.0287. The summed E-state index contributed by atoms with van der Waals surface area (Å²) in [5.41, 5.74) is 2.24. The Balaban J connectivity index is 2.15. The van der Waals surface area contributed by atoms with Gasteiger partial charge in [-0.05, 0) is 56.0 Å². The molecule has 0 aliphatic rings. The van der Waals surface area contributed by atoms with E-state index < -0.39 is 20.0 Å². The highest BCUT2D eigenvalue weighted by molar-refractivity contribution is 7.89. The zero-order chi connectivity index (χ0) is 22.0. The van der Waals surface area contributed by atoms with Crippen molar-refractivity contribution in [2.45, 2.75) is 50.9 Å². The van der Waals surface area contributed by atoms with E-state index in [9.17, 15) is 16.8 Å². The summed E-state index contributed by atoms with van der Waals surface area (Å²) in [5.74, 6) is -0.145. The van der Waals surface area contributed by atoms with Crippen molar-refractivity contribution in [3.8, 4) is 0 Å². The number of halogens is 2. The molecule has 0 aliphatic carbocycles. The Morgan fingerprint density at radius 2 is 1.52 bits per heavy atom. The SMILES string of the molecule is Cc1cc(Cl)c(C)c(S(=O)(=O)NCc2ccc(CS(=O)(=O)NC(C)C)cc2)c1Cl. The lowest BCUT2D eigenvalue weighted by Crippen LogP contribution is -2.31. The summed E-state index contributed by atoms with van der Waals surface area (Å²) < 4.78 is 54.6. The Bertz CT molecular complexity index is 1070. The molecule has 10 heteroatoms. The van der Waals surface area contributed by atoms with Crippen LogP contribution in [0, 0.1) is 13.8 Å². The maximum Gasteiger partial charge on any atom is 0.242 e. The molecule has 0 heterocycles. The first kappa shape index (κ1) is 24.1. The Kier molecular flexibility index (Phi) is 7.75. The van der Waals surface area contributed by atoms with E-state index >= 15 is 0 Å². The summed E-state index contributed by atoms with van der Waals surface area (Å²) in [6.45, 7) is 6.82. The van der Waals surface area contributed by atoms with Crippen molar-refractivity contribution in [3.63, 3.8) is 0 Å². The van der Waals surface area contributed by atoms with Gasteiger partial charge >= 0.3 is 0 Å². The molecule has 0 bridgehead atoms. The van der Waals surface area contributed by atoms with Crippen molar-refractivity contribution >= 4 is 43.2 Å². The largest absolute Gasteiger partial charge is 0.242 e. The van der Waals surface area contributed by atoms with Crippen LogP contribution in [0.1, 0.15) is 36.1 Å². The van der Waals surface area contributed by atoms with Gasteiger partial charge in [-0.15, -0.1) is 0 Å². The molecular formula is C19H24Cl2N2O4S2. The predicted molar refractivity (Wildman–Crippen MR) is 117 cm³/mol. The van der Waals surface area contributed by atoms with E-state index in [2.05, 4.69) is 9.44 Å². The van der Waals surface area contributed by atoms with Crippen molar-refractivity contribution in [2.75, 3.05) is 0 Å². The topological polar surface area (TPSA) is 92.3 Å². The zero-order valence-corrected chi connectivity index (χ0v) is 19.7. The average Bonchev–Trinajstić information content (AvgIpc) is 2.58. The minimum atomic E-state index is -3.89. The fourth-order valence-electron chi connectivity index (χ4n) is 2.76. The third kappa shape index (κ3) is 6.41. The smallest absolute Gasteiger partial charge is 0.212 e. The molecule has 0 unspecified atom stereocenters. The van der Waals surface area contributed by atoms with E-state index in [1.165, 1.54) is 0 Å². The van der Waals surface area contributed by atoms with Crippen LogP contribution in [0.2, 0.25) is 10.0 Å². The zero-order valence-electron chi connectivity index (χ0n) is 16.6. The highest BCUT2D eigenvalue weighted by Gasteiger charge is 2.23. The maximum atomic E-state index is 12.8. The van der Waals surface area contributed by atoms with Gasteiger partial charge in [-0.3, -0.25) is 0 Å². The van der Waals surface area contributed by atoms with Gasteiger partial charge in [-0.1, -0.05) is 47.5 Å². The maximum absolute atomic E-state index is 12.8. The molecule has 0 fully saturated rings. The van der Waals surface area contributed by atoms with Crippen molar-refractivity contribution in [1.82, 2.24) is 9.44 Å². The van der Waals surface area contributed by atoms with Gasteiger partial charge in [0.05, 0.1) is 10.8 Å². The second-order valence-electron chi connectivity index (χ2n) is 7.12. The van der Waals surface area contributed by atoms with Gasteiger partial charge in [-0.2, -0.15) is 0 Å². The number of rotatable bonds is 8. The molecule has 0 aromatic heterocycles. The molecule has 0 saturated carbocycles. The van der Waals surface area contributed by atoms with E-state index in [1.807, 2.05) is 0 Å². The molecule has 2 aromatic carbocycles. The molecule has 0 amide bonds.